The van der Waals surface area contributed by atoms with Crippen molar-refractivity contribution in [1.82, 2.24) is 5.32 Å². The van der Waals surface area contributed by atoms with Crippen LogP contribution < -0.4 is 11.1 Å². The first kappa shape index (κ1) is 13.4. The van der Waals surface area contributed by atoms with E-state index in [1.807, 2.05) is 13.8 Å². The summed E-state index contributed by atoms with van der Waals surface area (Å²) >= 11 is 1.61. The number of amides is 1. The van der Waals surface area contributed by atoms with Crippen LogP contribution in [0.4, 0.5) is 5.00 Å². The molecule has 1 unspecified atom stereocenters. The van der Waals surface area contributed by atoms with E-state index in [2.05, 4.69) is 12.2 Å². The molecule has 0 radical (unpaired) electrons. The average Bonchev–Trinajstić information content (AvgIpc) is 2.62. The zero-order chi connectivity index (χ0) is 13.3. The predicted molar refractivity (Wildman–Crippen MR) is 77.1 cm³/mol. The van der Waals surface area contributed by atoms with Gasteiger partial charge in [0.2, 0.25) is 0 Å². The molecule has 2 rings (SSSR count). The Kier molecular flexibility index (Phi) is 3.95. The average molecular weight is 266 g/mol. The molecule has 100 valence electrons. The second kappa shape index (κ2) is 5.31. The lowest BCUT2D eigenvalue weighted by Crippen LogP contribution is -2.31. The van der Waals surface area contributed by atoms with Gasteiger partial charge in [-0.15, -0.1) is 11.3 Å². The number of nitrogens with two attached hydrogens (primary N) is 1. The molecule has 0 aliphatic heterocycles. The molecule has 0 fully saturated rings. The molecule has 3 nitrogen and oxygen atoms in total. The third-order valence-electron chi connectivity index (χ3n) is 3.62. The van der Waals surface area contributed by atoms with Gasteiger partial charge in [0.25, 0.3) is 5.91 Å². The Morgan fingerprint density at radius 1 is 1.56 bits per heavy atom. The molecule has 1 amide bonds. The van der Waals surface area contributed by atoms with Gasteiger partial charge in [-0.1, -0.05) is 13.3 Å². The highest BCUT2D eigenvalue weighted by molar-refractivity contribution is 7.16. The van der Waals surface area contributed by atoms with Crippen LogP contribution in [0.3, 0.4) is 0 Å². The second-order valence-electron chi connectivity index (χ2n) is 5.39. The molecular formula is C14H22N2OS. The van der Waals surface area contributed by atoms with Gasteiger partial charge in [-0.2, -0.15) is 0 Å². The highest BCUT2D eigenvalue weighted by Crippen LogP contribution is 2.38. The van der Waals surface area contributed by atoms with Crippen LogP contribution in [0, 0.1) is 5.92 Å². The molecule has 1 heterocycles. The standard InChI is InChI=1S/C14H22N2OS/c1-4-9-5-6-10-11(7-9)18-13(15)12(10)14(17)16-8(2)3/h8-9H,4-7,15H2,1-3H3,(H,16,17). The number of thiophene rings is 1. The number of hydrogen-bond acceptors (Lipinski definition) is 3. The fourth-order valence-electron chi connectivity index (χ4n) is 2.61. The van der Waals surface area contributed by atoms with Crippen LogP contribution in [0.15, 0.2) is 0 Å². The van der Waals surface area contributed by atoms with E-state index in [-0.39, 0.29) is 11.9 Å². The van der Waals surface area contributed by atoms with E-state index in [1.165, 1.54) is 23.3 Å². The van der Waals surface area contributed by atoms with E-state index in [0.29, 0.717) is 5.00 Å². The molecule has 0 saturated heterocycles. The summed E-state index contributed by atoms with van der Waals surface area (Å²) in [5, 5.41) is 3.64. The number of nitrogens with one attached hydrogen (secondary N) is 1. The Morgan fingerprint density at radius 3 is 2.89 bits per heavy atom. The number of rotatable bonds is 3. The van der Waals surface area contributed by atoms with Crippen molar-refractivity contribution in [2.45, 2.75) is 52.5 Å². The van der Waals surface area contributed by atoms with Gasteiger partial charge < -0.3 is 11.1 Å². The summed E-state index contributed by atoms with van der Waals surface area (Å²) in [7, 11) is 0. The molecule has 1 aliphatic carbocycles. The maximum absolute atomic E-state index is 12.2. The van der Waals surface area contributed by atoms with Crippen LogP contribution >= 0.6 is 11.3 Å². The number of carbonyl (C=O) groups is 1. The van der Waals surface area contributed by atoms with Gasteiger partial charge in [0, 0.05) is 10.9 Å². The summed E-state index contributed by atoms with van der Waals surface area (Å²) in [5.74, 6) is 0.756. The predicted octanol–water partition coefficient (Wildman–Crippen LogP) is 2.98. The van der Waals surface area contributed by atoms with Gasteiger partial charge >= 0.3 is 0 Å². The molecule has 18 heavy (non-hydrogen) atoms. The molecule has 1 aromatic heterocycles. The molecule has 0 aromatic carbocycles. The SMILES string of the molecule is CCC1CCc2c(sc(N)c2C(=O)NC(C)C)C1. The molecule has 1 aliphatic rings. The van der Waals surface area contributed by atoms with Gasteiger partial charge in [0.05, 0.1) is 10.6 Å². The van der Waals surface area contributed by atoms with Crippen LogP contribution in [0.5, 0.6) is 0 Å². The topological polar surface area (TPSA) is 55.1 Å². The summed E-state index contributed by atoms with van der Waals surface area (Å²) in [6, 6.07) is 0.152. The van der Waals surface area contributed by atoms with Gasteiger partial charge in [0.15, 0.2) is 0 Å². The Labute approximate surface area is 113 Å². The summed E-state index contributed by atoms with van der Waals surface area (Å²) in [5.41, 5.74) is 8.00. The number of hydrogen-bond donors (Lipinski definition) is 2. The second-order valence-corrected chi connectivity index (χ2v) is 6.53. The zero-order valence-corrected chi connectivity index (χ0v) is 12.2. The molecule has 4 heteroatoms. The highest BCUT2D eigenvalue weighted by Gasteiger charge is 2.27. The van der Waals surface area contributed by atoms with Crippen molar-refractivity contribution in [1.29, 1.82) is 0 Å². The first-order valence-electron chi connectivity index (χ1n) is 6.73. The van der Waals surface area contributed by atoms with Gasteiger partial charge in [-0.25, -0.2) is 0 Å². The van der Waals surface area contributed by atoms with E-state index in [0.717, 1.165) is 24.3 Å². The minimum Gasteiger partial charge on any atom is -0.390 e. The lowest BCUT2D eigenvalue weighted by Gasteiger charge is -2.21. The molecule has 1 aromatic rings. The molecule has 0 bridgehead atoms. The smallest absolute Gasteiger partial charge is 0.254 e. The summed E-state index contributed by atoms with van der Waals surface area (Å²) in [4.78, 5) is 13.5. The monoisotopic (exact) mass is 266 g/mol. The summed E-state index contributed by atoms with van der Waals surface area (Å²) in [6.45, 7) is 6.18. The summed E-state index contributed by atoms with van der Waals surface area (Å²) in [6.07, 6.45) is 4.49. The van der Waals surface area contributed by atoms with Gasteiger partial charge in [-0.3, -0.25) is 4.79 Å². The van der Waals surface area contributed by atoms with E-state index < -0.39 is 0 Å². The third kappa shape index (κ3) is 2.53. The van der Waals surface area contributed by atoms with E-state index >= 15 is 0 Å². The van der Waals surface area contributed by atoms with Crippen molar-refractivity contribution in [3.63, 3.8) is 0 Å². The molecule has 3 N–H and O–H groups in total. The minimum atomic E-state index is -0.00468. The molecular weight excluding hydrogens is 244 g/mol. The molecule has 0 saturated carbocycles. The van der Waals surface area contributed by atoms with Crippen LogP contribution in [-0.2, 0) is 12.8 Å². The van der Waals surface area contributed by atoms with E-state index in [9.17, 15) is 4.79 Å². The zero-order valence-electron chi connectivity index (χ0n) is 11.4. The van der Waals surface area contributed by atoms with E-state index in [1.54, 1.807) is 11.3 Å². The molecule has 0 spiro atoms. The van der Waals surface area contributed by atoms with Crippen LogP contribution in [0.25, 0.3) is 0 Å². The largest absolute Gasteiger partial charge is 0.390 e. The lowest BCUT2D eigenvalue weighted by molar-refractivity contribution is 0.0943. The van der Waals surface area contributed by atoms with Crippen molar-refractivity contribution >= 4 is 22.2 Å². The van der Waals surface area contributed by atoms with E-state index in [4.69, 9.17) is 5.73 Å². The van der Waals surface area contributed by atoms with Crippen molar-refractivity contribution in [2.24, 2.45) is 5.92 Å². The Hall–Kier alpha value is -1.03. The normalized spacial score (nSPS) is 18.8. The first-order valence-corrected chi connectivity index (χ1v) is 7.55. The molecule has 1 atom stereocenters. The number of anilines is 1. The maximum atomic E-state index is 12.2. The van der Waals surface area contributed by atoms with Crippen molar-refractivity contribution in [3.05, 3.63) is 16.0 Å². The van der Waals surface area contributed by atoms with Crippen LogP contribution in [0.2, 0.25) is 0 Å². The number of carbonyl (C=O) groups excluding carboxylic acids is 1. The Bertz CT molecular complexity index is 451. The quantitative estimate of drug-likeness (QED) is 0.883. The van der Waals surface area contributed by atoms with Crippen LogP contribution in [0.1, 0.15) is 54.4 Å². The van der Waals surface area contributed by atoms with Gasteiger partial charge in [-0.05, 0) is 44.6 Å². The fraction of sp³-hybridized carbons (Fsp3) is 0.643. The number of fused-ring (bicyclic) bond motifs is 1. The van der Waals surface area contributed by atoms with Crippen LogP contribution in [-0.4, -0.2) is 11.9 Å². The fourth-order valence-corrected chi connectivity index (χ4v) is 3.84. The van der Waals surface area contributed by atoms with Gasteiger partial charge in [0.1, 0.15) is 0 Å². The minimum absolute atomic E-state index is 0.00468. The maximum Gasteiger partial charge on any atom is 0.254 e. The highest BCUT2D eigenvalue weighted by atomic mass is 32.1. The summed E-state index contributed by atoms with van der Waals surface area (Å²) < 4.78 is 0. The lowest BCUT2D eigenvalue weighted by atomic mass is 9.85. The third-order valence-corrected chi connectivity index (χ3v) is 4.70. The number of nitrogen functional groups attached to an aromatic ring is 1. The van der Waals surface area contributed by atoms with Crippen molar-refractivity contribution in [2.75, 3.05) is 5.73 Å². The van der Waals surface area contributed by atoms with Crippen molar-refractivity contribution < 1.29 is 4.79 Å². The Morgan fingerprint density at radius 2 is 2.28 bits per heavy atom. The van der Waals surface area contributed by atoms with Crippen molar-refractivity contribution in [3.8, 4) is 0 Å². The Balaban J connectivity index is 2.28. The first-order chi connectivity index (χ1) is 8.52.